The Kier molecular flexibility index (Phi) is 18.7. The molecular weight excluding hydrogens is 1050 g/mol. The second-order valence-electron chi connectivity index (χ2n) is 19.9. The van der Waals surface area contributed by atoms with Gasteiger partial charge in [0, 0.05) is 63.1 Å². The molecule has 0 aliphatic carbocycles. The Bertz CT molecular complexity index is 3130. The molecule has 4 aliphatic rings. The second-order valence-corrected chi connectivity index (χ2v) is 23.3. The molecule has 0 saturated heterocycles. The number of nitrogens with zero attached hydrogens (tertiary/aromatic N) is 4. The molecule has 0 aromatic heterocycles. The summed E-state index contributed by atoms with van der Waals surface area (Å²) in [5.74, 6) is 4.58. The van der Waals surface area contributed by atoms with Crippen LogP contribution in [-0.4, -0.2) is 66.0 Å². The molecule has 408 valence electrons. The highest BCUT2D eigenvalue weighted by atomic mass is 32.2. The Morgan fingerprint density at radius 1 is 0.487 bits per heavy atom. The van der Waals surface area contributed by atoms with Gasteiger partial charge in [-0.25, -0.2) is 0 Å². The van der Waals surface area contributed by atoms with E-state index in [9.17, 15) is 0 Å². The van der Waals surface area contributed by atoms with Crippen molar-refractivity contribution in [2.75, 3.05) is 85.6 Å². The van der Waals surface area contributed by atoms with E-state index in [1.807, 2.05) is 47.8 Å². The number of fused-ring (bicyclic) bond motifs is 4. The average Bonchev–Trinajstić information content (AvgIpc) is 3.60. The Morgan fingerprint density at radius 2 is 0.949 bits per heavy atom. The molecule has 6 aromatic rings. The van der Waals surface area contributed by atoms with Gasteiger partial charge in [-0.3, -0.25) is 0 Å². The number of thioether (sulfide) groups is 4. The highest BCUT2D eigenvalue weighted by molar-refractivity contribution is 8.00. The molecule has 9 nitrogen and oxygen atoms in total. The van der Waals surface area contributed by atoms with Crippen LogP contribution < -0.4 is 43.3 Å². The van der Waals surface area contributed by atoms with Gasteiger partial charge in [-0.15, -0.1) is 73.4 Å². The number of allylic oxidation sites excluding steroid dienone is 4. The van der Waals surface area contributed by atoms with Crippen LogP contribution in [0.15, 0.2) is 143 Å². The lowest BCUT2D eigenvalue weighted by molar-refractivity contribution is 0.269. The first-order valence-electron chi connectivity index (χ1n) is 26.5. The van der Waals surface area contributed by atoms with E-state index in [0.717, 1.165) is 99.1 Å². The van der Waals surface area contributed by atoms with Gasteiger partial charge in [0.25, 0.3) is 0 Å². The van der Waals surface area contributed by atoms with Crippen molar-refractivity contribution < 1.29 is 23.7 Å². The van der Waals surface area contributed by atoms with Crippen molar-refractivity contribution in [3.8, 4) is 28.7 Å². The minimum absolute atomic E-state index is 0.474. The molecule has 0 saturated carbocycles. The minimum Gasteiger partial charge on any atom is -0.496 e. The fraction of sp³-hybridized carbons (Fsp3) is 0.323. The van der Waals surface area contributed by atoms with Crippen LogP contribution in [0.5, 0.6) is 28.7 Å². The number of ether oxygens (including phenoxy) is 5. The van der Waals surface area contributed by atoms with E-state index < -0.39 is 0 Å². The van der Waals surface area contributed by atoms with Gasteiger partial charge in [-0.2, -0.15) is 0 Å². The summed E-state index contributed by atoms with van der Waals surface area (Å²) in [6, 6.07) is 26.4. The third-order valence-corrected chi connectivity index (χ3v) is 18.0. The quantitative estimate of drug-likeness (QED) is 0.0607. The van der Waals surface area contributed by atoms with Crippen molar-refractivity contribution in [1.29, 1.82) is 0 Å². The van der Waals surface area contributed by atoms with Crippen LogP contribution in [0.4, 0.5) is 22.7 Å². The topological polar surface area (TPSA) is 59.1 Å². The minimum atomic E-state index is 0.474. The highest BCUT2D eigenvalue weighted by Gasteiger charge is 2.32. The van der Waals surface area contributed by atoms with Crippen molar-refractivity contribution >= 4 is 69.8 Å². The maximum atomic E-state index is 6.38. The van der Waals surface area contributed by atoms with Crippen LogP contribution in [0.25, 0.3) is 0 Å². The average molecular weight is 1120 g/mol. The molecule has 6 aromatic carbocycles. The lowest BCUT2D eigenvalue weighted by Gasteiger charge is -2.38. The Labute approximate surface area is 481 Å². The first kappa shape index (κ1) is 56.6. The van der Waals surface area contributed by atoms with Crippen molar-refractivity contribution in [2.24, 2.45) is 0 Å². The smallest absolute Gasteiger partial charge is 0.168 e. The predicted molar refractivity (Wildman–Crippen MR) is 334 cm³/mol. The van der Waals surface area contributed by atoms with Gasteiger partial charge in [0.05, 0.1) is 48.4 Å². The normalized spacial score (nSPS) is 14.3. The molecule has 0 spiro atoms. The van der Waals surface area contributed by atoms with E-state index in [-0.39, 0.29) is 0 Å². The van der Waals surface area contributed by atoms with Gasteiger partial charge < -0.3 is 43.3 Å². The van der Waals surface area contributed by atoms with Gasteiger partial charge in [-0.05, 0) is 165 Å². The number of aryl methyl sites for hydroxylation is 1. The van der Waals surface area contributed by atoms with Crippen LogP contribution >= 0.6 is 47.0 Å². The predicted octanol–water partition coefficient (Wildman–Crippen LogP) is 15.4. The summed E-state index contributed by atoms with van der Waals surface area (Å²) in [4.78, 5) is 14.8. The molecule has 4 heterocycles. The molecule has 10 rings (SSSR count). The van der Waals surface area contributed by atoms with E-state index in [0.29, 0.717) is 20.2 Å². The Hall–Kier alpha value is -6.12. The van der Waals surface area contributed by atoms with E-state index in [1.165, 1.54) is 98.0 Å². The van der Waals surface area contributed by atoms with Crippen molar-refractivity contribution in [1.82, 2.24) is 0 Å². The molecule has 0 bridgehead atoms. The molecule has 0 amide bonds. The van der Waals surface area contributed by atoms with Crippen LogP contribution in [0, 0.1) is 13.8 Å². The first-order valence-corrected chi connectivity index (χ1v) is 31.4. The largest absolute Gasteiger partial charge is 0.496 e. The standard InChI is InChI=1S/C34H40N2O3S2.C31H34N2O2S2/c1-8-10-23-15-25-19-35(13-12-27(25)28(17-23)37-4)32-30(40-6)14-22(3)31(34(32)41-7)36-20-26-16-24(11-9-2)18-29(38-5)33(26)39-21-36;1-6-8-22-10-12-26-24(14-22)17-32(19-34-26)30-21(3)31(29(37-5)16-28(30)36-4)33-18-25-15-23(9-7-2)11-13-27(25)35-20-33/h8-9,14-18H,1-2,10-13,19-21H2,3-7H3;6-7,10-16H,1-2,8-9,17-20H2,3-5H3. The number of hydrogen-bond donors (Lipinski definition) is 0. The fourth-order valence-electron chi connectivity index (χ4n) is 11.4. The molecular formula is C65H74N4O5S4. The monoisotopic (exact) mass is 1120 g/mol. The van der Waals surface area contributed by atoms with E-state index in [2.05, 4.69) is 158 Å². The SMILES string of the molecule is C=CCc1cc2c(c(OC)c1)CCN(c1c(SC)cc(C)c(N3COc4c(cc(CC=C)cc4OC)C3)c1SC)C2.C=CCc1ccc2c(c1)CN(c1c(SC)cc(SC)c(N3COc4ccc(CC=C)cc4C3)c1C)CO2. The summed E-state index contributed by atoms with van der Waals surface area (Å²) in [6.45, 7) is 25.9. The van der Waals surface area contributed by atoms with E-state index in [4.69, 9.17) is 23.7 Å². The third-order valence-electron chi connectivity index (χ3n) is 14.9. The van der Waals surface area contributed by atoms with Crippen LogP contribution in [0.2, 0.25) is 0 Å². The molecule has 0 atom stereocenters. The summed E-state index contributed by atoms with van der Waals surface area (Å²) in [5.41, 5.74) is 18.8. The first-order chi connectivity index (χ1) is 38.0. The maximum Gasteiger partial charge on any atom is 0.168 e. The van der Waals surface area contributed by atoms with Gasteiger partial charge in [-0.1, -0.05) is 42.5 Å². The molecule has 0 unspecified atom stereocenters. The van der Waals surface area contributed by atoms with Crippen LogP contribution in [0.1, 0.15) is 61.2 Å². The lowest BCUT2D eigenvalue weighted by Crippen LogP contribution is -2.35. The molecule has 78 heavy (non-hydrogen) atoms. The van der Waals surface area contributed by atoms with Crippen molar-refractivity contribution in [2.45, 2.75) is 91.7 Å². The van der Waals surface area contributed by atoms with E-state index in [1.54, 1.807) is 37.7 Å². The Morgan fingerprint density at radius 3 is 1.47 bits per heavy atom. The van der Waals surface area contributed by atoms with Crippen LogP contribution in [0.3, 0.4) is 0 Å². The number of rotatable bonds is 18. The van der Waals surface area contributed by atoms with Gasteiger partial charge in [0.15, 0.2) is 31.7 Å². The van der Waals surface area contributed by atoms with Crippen molar-refractivity contribution in [3.05, 3.63) is 185 Å². The zero-order chi connectivity index (χ0) is 55.0. The summed E-state index contributed by atoms with van der Waals surface area (Å²) < 4.78 is 30.4. The molecule has 13 heteroatoms. The maximum absolute atomic E-state index is 6.38. The van der Waals surface area contributed by atoms with Gasteiger partial charge in [0.1, 0.15) is 17.2 Å². The summed E-state index contributed by atoms with van der Waals surface area (Å²) in [7, 11) is 3.48. The number of hydrogen-bond acceptors (Lipinski definition) is 13. The molecule has 4 aliphatic heterocycles. The van der Waals surface area contributed by atoms with Crippen molar-refractivity contribution in [3.63, 3.8) is 0 Å². The highest BCUT2D eigenvalue weighted by Crippen LogP contribution is 2.50. The van der Waals surface area contributed by atoms with E-state index >= 15 is 0 Å². The fourth-order valence-corrected chi connectivity index (χ4v) is 14.6. The van der Waals surface area contributed by atoms with Gasteiger partial charge >= 0.3 is 0 Å². The molecule has 0 fully saturated rings. The number of benzene rings is 6. The van der Waals surface area contributed by atoms with Crippen LogP contribution in [-0.2, 0) is 58.3 Å². The zero-order valence-corrected chi connectivity index (χ0v) is 50.0. The summed E-state index contributed by atoms with van der Waals surface area (Å²) in [5, 5.41) is 0. The zero-order valence-electron chi connectivity index (χ0n) is 46.7. The summed E-state index contributed by atoms with van der Waals surface area (Å²) in [6.07, 6.45) is 20.8. The summed E-state index contributed by atoms with van der Waals surface area (Å²) >= 11 is 7.23. The second kappa shape index (κ2) is 25.8. The number of anilines is 4. The Balaban J connectivity index is 0.000000191. The lowest BCUT2D eigenvalue weighted by atomic mass is 9.94. The number of methoxy groups -OCH3 is 2. The van der Waals surface area contributed by atoms with Gasteiger partial charge in [0.2, 0.25) is 0 Å². The third kappa shape index (κ3) is 11.8. The molecule has 0 N–H and O–H groups in total. The molecule has 0 radical (unpaired) electrons.